The number of nitrogens with zero attached hydrogens (tertiary/aromatic N) is 1. The van der Waals surface area contributed by atoms with Crippen LogP contribution in [0.5, 0.6) is 0 Å². The van der Waals surface area contributed by atoms with Crippen LogP contribution in [0.1, 0.15) is 31.5 Å². The molecule has 0 bridgehead atoms. The van der Waals surface area contributed by atoms with Gasteiger partial charge in [0.2, 0.25) is 0 Å². The summed E-state index contributed by atoms with van der Waals surface area (Å²) in [7, 11) is 0. The van der Waals surface area contributed by atoms with Gasteiger partial charge in [0.25, 0.3) is 0 Å². The van der Waals surface area contributed by atoms with Crippen LogP contribution in [0.2, 0.25) is 0 Å². The van der Waals surface area contributed by atoms with Gasteiger partial charge in [0, 0.05) is 11.9 Å². The molecule has 0 unspecified atom stereocenters. The number of rotatable bonds is 1. The predicted octanol–water partition coefficient (Wildman–Crippen LogP) is 0.0576. The summed E-state index contributed by atoms with van der Waals surface area (Å²) in [4.78, 5) is 0. The second-order valence-electron chi connectivity index (χ2n) is 6.26. The standard InChI is InChI=1S/C15H14N.C7H9.2ClH.Hf/c1-11-7-12(2)16(10-11)15-8-13-5-3-4-6-14(13)9-15;1-6-4-3-5-7(6)2;;;/h3-10H,1-2H3;4H,3H2,1-2H3;2*1H;/q2*-1;;;+4/p-2. The third kappa shape index (κ3) is 5.77. The van der Waals surface area contributed by atoms with Crippen molar-refractivity contribution < 1.29 is 50.7 Å². The number of allylic oxidation sites excluding steroid dienone is 4. The molecule has 2 aromatic carbocycles. The molecule has 0 amide bonds. The molecule has 1 nitrogen and oxygen atoms in total. The molecule has 0 atom stereocenters. The van der Waals surface area contributed by atoms with Gasteiger partial charge >= 0.3 is 25.8 Å². The van der Waals surface area contributed by atoms with Crippen molar-refractivity contribution in [2.45, 2.75) is 34.1 Å². The maximum atomic E-state index is 3.19. The molecule has 26 heavy (non-hydrogen) atoms. The van der Waals surface area contributed by atoms with Crippen molar-refractivity contribution in [3.8, 4) is 5.69 Å². The second-order valence-corrected chi connectivity index (χ2v) is 6.26. The SMILES string of the molecule is CC1=[C-]CC=C1C.Cc1cc(C)n(-c2cc3ccccc3[cH-]2)c1.[Cl-].[Cl-].[Hf+4]. The molecular weight excluding hydrogens is 528 g/mol. The van der Waals surface area contributed by atoms with Crippen LogP contribution >= 0.6 is 0 Å². The van der Waals surface area contributed by atoms with E-state index in [1.807, 2.05) is 0 Å². The molecule has 0 spiro atoms. The fourth-order valence-corrected chi connectivity index (χ4v) is 2.94. The van der Waals surface area contributed by atoms with Crippen molar-refractivity contribution in [2.75, 3.05) is 0 Å². The van der Waals surface area contributed by atoms with E-state index < -0.39 is 0 Å². The average Bonchev–Trinajstić information content (AvgIpc) is 3.19. The van der Waals surface area contributed by atoms with Crippen molar-refractivity contribution in [3.63, 3.8) is 0 Å². The number of hydrogen-bond donors (Lipinski definition) is 0. The van der Waals surface area contributed by atoms with Gasteiger partial charge in [-0.25, -0.2) is 11.1 Å². The molecule has 0 N–H and O–H groups in total. The normalized spacial score (nSPS) is 12.0. The zero-order chi connectivity index (χ0) is 16.4. The minimum atomic E-state index is 0. The van der Waals surface area contributed by atoms with E-state index in [9.17, 15) is 0 Å². The fraction of sp³-hybridized carbons (Fsp3) is 0.227. The maximum Gasteiger partial charge on any atom is 4.00 e. The van der Waals surface area contributed by atoms with Gasteiger partial charge in [-0.2, -0.15) is 6.08 Å². The smallest absolute Gasteiger partial charge is 1.00 e. The summed E-state index contributed by atoms with van der Waals surface area (Å²) >= 11 is 0. The van der Waals surface area contributed by atoms with Crippen molar-refractivity contribution >= 4 is 10.8 Å². The molecule has 4 heteroatoms. The third-order valence-electron chi connectivity index (χ3n) is 4.40. The summed E-state index contributed by atoms with van der Waals surface area (Å²) < 4.78 is 2.25. The van der Waals surface area contributed by atoms with Gasteiger partial charge in [0.15, 0.2) is 0 Å². The molecule has 1 aromatic heterocycles. The van der Waals surface area contributed by atoms with Gasteiger partial charge in [0.05, 0.1) is 0 Å². The summed E-state index contributed by atoms with van der Waals surface area (Å²) in [5, 5.41) is 2.62. The molecular formula is C22H23Cl2HfN. The fourth-order valence-electron chi connectivity index (χ4n) is 2.94. The average molecular weight is 551 g/mol. The first-order valence-electron chi connectivity index (χ1n) is 8.10. The van der Waals surface area contributed by atoms with Crippen LogP contribution in [0.4, 0.5) is 0 Å². The van der Waals surface area contributed by atoms with Gasteiger partial charge in [-0.1, -0.05) is 13.0 Å². The zero-order valence-electron chi connectivity index (χ0n) is 15.6. The molecule has 0 saturated carbocycles. The number of aryl methyl sites for hydroxylation is 2. The quantitative estimate of drug-likeness (QED) is 0.298. The van der Waals surface area contributed by atoms with Crippen molar-refractivity contribution in [3.05, 3.63) is 83.2 Å². The minimum absolute atomic E-state index is 0. The molecule has 3 aromatic rings. The number of hydrogen-bond acceptors (Lipinski definition) is 0. The summed E-state index contributed by atoms with van der Waals surface area (Å²) in [6, 6.07) is 15.2. The largest absolute Gasteiger partial charge is 4.00 e. The van der Waals surface area contributed by atoms with Gasteiger partial charge in [-0.05, 0) is 31.2 Å². The molecule has 1 aliphatic carbocycles. The Morgan fingerprint density at radius 3 is 2.15 bits per heavy atom. The van der Waals surface area contributed by atoms with Crippen LogP contribution in [0.25, 0.3) is 16.5 Å². The molecule has 0 fully saturated rings. The van der Waals surface area contributed by atoms with Crippen LogP contribution in [0.3, 0.4) is 0 Å². The van der Waals surface area contributed by atoms with Crippen molar-refractivity contribution in [1.82, 2.24) is 4.57 Å². The molecule has 0 aliphatic heterocycles. The van der Waals surface area contributed by atoms with E-state index in [2.05, 4.69) is 93.1 Å². The molecule has 0 saturated heterocycles. The zero-order valence-corrected chi connectivity index (χ0v) is 20.7. The Bertz CT molecular complexity index is 851. The summed E-state index contributed by atoms with van der Waals surface area (Å²) in [5.74, 6) is 0. The van der Waals surface area contributed by atoms with Crippen LogP contribution in [0, 0.1) is 19.9 Å². The second kappa shape index (κ2) is 11.0. The van der Waals surface area contributed by atoms with E-state index in [0.717, 1.165) is 6.42 Å². The molecule has 4 rings (SSSR count). The van der Waals surface area contributed by atoms with Crippen molar-refractivity contribution in [2.24, 2.45) is 0 Å². The molecule has 1 aliphatic rings. The first-order chi connectivity index (χ1) is 11.0. The molecule has 1 heterocycles. The Balaban J connectivity index is 0.000000542. The van der Waals surface area contributed by atoms with E-state index >= 15 is 0 Å². The summed E-state index contributed by atoms with van der Waals surface area (Å²) in [6.07, 6.45) is 8.59. The van der Waals surface area contributed by atoms with E-state index in [0.29, 0.717) is 0 Å². The van der Waals surface area contributed by atoms with Crippen LogP contribution in [-0.4, -0.2) is 4.57 Å². The van der Waals surface area contributed by atoms with Crippen molar-refractivity contribution in [1.29, 1.82) is 0 Å². The maximum absolute atomic E-state index is 3.19. The molecule has 134 valence electrons. The van der Waals surface area contributed by atoms with E-state index in [-0.39, 0.29) is 50.7 Å². The van der Waals surface area contributed by atoms with E-state index in [4.69, 9.17) is 0 Å². The first kappa shape index (κ1) is 25.0. The van der Waals surface area contributed by atoms with Gasteiger partial charge in [-0.3, -0.25) is 6.08 Å². The third-order valence-corrected chi connectivity index (χ3v) is 4.40. The van der Waals surface area contributed by atoms with Gasteiger partial charge < -0.3 is 29.4 Å². The number of halogens is 2. The molecule has 0 radical (unpaired) electrons. The first-order valence-corrected chi connectivity index (χ1v) is 8.10. The number of fused-ring (bicyclic) bond motifs is 1. The Kier molecular flexibility index (Phi) is 10.6. The Morgan fingerprint density at radius 2 is 1.69 bits per heavy atom. The van der Waals surface area contributed by atoms with Gasteiger partial charge in [-0.15, -0.1) is 54.4 Å². The van der Waals surface area contributed by atoms with Crippen LogP contribution < -0.4 is 24.8 Å². The summed E-state index contributed by atoms with van der Waals surface area (Å²) in [5.41, 5.74) is 6.56. The Labute approximate surface area is 188 Å². The van der Waals surface area contributed by atoms with E-state index in [1.165, 1.54) is 38.9 Å². The minimum Gasteiger partial charge on any atom is -1.00 e. The monoisotopic (exact) mass is 551 g/mol. The van der Waals surface area contributed by atoms with Crippen LogP contribution in [-0.2, 0) is 25.8 Å². The Hall–Kier alpha value is -0.960. The summed E-state index contributed by atoms with van der Waals surface area (Å²) in [6.45, 7) is 8.49. The number of benzene rings is 1. The predicted molar refractivity (Wildman–Crippen MR) is 99.1 cm³/mol. The number of aromatic nitrogens is 1. The Morgan fingerprint density at radius 1 is 1.00 bits per heavy atom. The van der Waals surface area contributed by atoms with E-state index in [1.54, 1.807) is 0 Å². The van der Waals surface area contributed by atoms with Crippen LogP contribution in [0.15, 0.2) is 65.9 Å². The topological polar surface area (TPSA) is 4.93 Å². The van der Waals surface area contributed by atoms with Gasteiger partial charge in [0.1, 0.15) is 0 Å².